The lowest BCUT2D eigenvalue weighted by Crippen LogP contribution is -2.60. The van der Waals surface area contributed by atoms with E-state index in [1.165, 1.54) is 89.9 Å². The van der Waals surface area contributed by atoms with Crippen molar-refractivity contribution in [3.63, 3.8) is 0 Å². The molecular weight excluding hydrogens is 502 g/mol. The van der Waals surface area contributed by atoms with Crippen LogP contribution in [0.5, 0.6) is 0 Å². The van der Waals surface area contributed by atoms with E-state index in [0.717, 1.165) is 45.1 Å². The number of rotatable bonds is 27. The van der Waals surface area contributed by atoms with Gasteiger partial charge < -0.3 is 20.8 Å². The number of amides is 2. The molecule has 40 heavy (non-hydrogen) atoms. The van der Waals surface area contributed by atoms with E-state index in [4.69, 9.17) is 0 Å². The zero-order valence-electron chi connectivity index (χ0n) is 26.4. The van der Waals surface area contributed by atoms with Crippen LogP contribution in [0.1, 0.15) is 156 Å². The maximum atomic E-state index is 12.2. The molecule has 7 nitrogen and oxygen atoms in total. The Hall–Kier alpha value is -1.18. The van der Waals surface area contributed by atoms with Crippen LogP contribution >= 0.6 is 0 Å². The van der Waals surface area contributed by atoms with Crippen molar-refractivity contribution in [3.8, 4) is 0 Å². The number of hydrogen-bond acceptors (Lipinski definition) is 5. The van der Waals surface area contributed by atoms with Crippen LogP contribution in [0.3, 0.4) is 0 Å². The zero-order chi connectivity index (χ0) is 29.4. The van der Waals surface area contributed by atoms with Crippen molar-refractivity contribution in [1.82, 2.24) is 15.5 Å². The fourth-order valence-electron chi connectivity index (χ4n) is 5.69. The molecule has 0 spiro atoms. The summed E-state index contributed by atoms with van der Waals surface area (Å²) in [6.45, 7) is 8.14. The summed E-state index contributed by atoms with van der Waals surface area (Å²) in [4.78, 5) is 26.3. The number of aliphatic hydroxyl groups excluding tert-OH is 2. The molecule has 2 amide bonds. The van der Waals surface area contributed by atoms with Gasteiger partial charge in [0.15, 0.2) is 0 Å². The molecule has 236 valence electrons. The Labute approximate surface area is 246 Å². The van der Waals surface area contributed by atoms with Gasteiger partial charge in [0, 0.05) is 13.1 Å². The number of nitrogens with one attached hydrogen (secondary N) is 2. The third-order valence-electron chi connectivity index (χ3n) is 8.32. The average Bonchev–Trinajstić information content (AvgIpc) is 2.92. The highest BCUT2D eigenvalue weighted by Gasteiger charge is 2.30. The summed E-state index contributed by atoms with van der Waals surface area (Å²) in [5.74, 6) is -0.232. The lowest BCUT2D eigenvalue weighted by Gasteiger charge is -2.29. The van der Waals surface area contributed by atoms with Crippen LogP contribution < -0.4 is 10.6 Å². The van der Waals surface area contributed by atoms with Crippen molar-refractivity contribution in [1.29, 1.82) is 0 Å². The molecule has 4 atom stereocenters. The summed E-state index contributed by atoms with van der Waals surface area (Å²) in [6, 6.07) is -0.929. The summed E-state index contributed by atoms with van der Waals surface area (Å²) in [6.07, 6.45) is 23.3. The molecule has 1 rings (SSSR count). The molecule has 0 aromatic heterocycles. The monoisotopic (exact) mass is 567 g/mol. The number of aliphatic hydroxyl groups is 2. The van der Waals surface area contributed by atoms with Gasteiger partial charge >= 0.3 is 0 Å². The zero-order valence-corrected chi connectivity index (χ0v) is 26.4. The quantitative estimate of drug-likeness (QED) is 0.0880. The predicted octanol–water partition coefficient (Wildman–Crippen LogP) is 6.25. The van der Waals surface area contributed by atoms with Gasteiger partial charge in [0.1, 0.15) is 12.1 Å². The second kappa shape index (κ2) is 24.4. The van der Waals surface area contributed by atoms with Crippen LogP contribution in [0.2, 0.25) is 0 Å². The van der Waals surface area contributed by atoms with Gasteiger partial charge in [-0.1, -0.05) is 117 Å². The molecule has 1 saturated heterocycles. The standard InChI is InChI=1S/C33H65N3O4/c1-4-6-8-10-12-14-16-18-22-29(37)26-36(27-30(38)23-19-17-15-13-11-9-7-5-2)25-21-20-24-31-33(40)34-28(3)32(39)35-31/h28-31,37-38H,4-27H2,1-3H3,(H,34,40)(H,35,39). The number of hydrogen-bond donors (Lipinski definition) is 4. The first-order valence-electron chi connectivity index (χ1n) is 17.1. The van der Waals surface area contributed by atoms with E-state index in [9.17, 15) is 19.8 Å². The van der Waals surface area contributed by atoms with E-state index >= 15 is 0 Å². The van der Waals surface area contributed by atoms with Crippen molar-refractivity contribution in [2.45, 2.75) is 180 Å². The van der Waals surface area contributed by atoms with E-state index in [1.807, 2.05) is 0 Å². The minimum atomic E-state index is -0.468. The first-order valence-corrected chi connectivity index (χ1v) is 17.1. The molecule has 0 aliphatic carbocycles. The van der Waals surface area contributed by atoms with Crippen molar-refractivity contribution in [2.75, 3.05) is 19.6 Å². The summed E-state index contributed by atoms with van der Waals surface area (Å²) >= 11 is 0. The minimum Gasteiger partial charge on any atom is -0.392 e. The Bertz CT molecular complexity index is 605. The van der Waals surface area contributed by atoms with Crippen LogP contribution in [0.15, 0.2) is 0 Å². The van der Waals surface area contributed by atoms with Gasteiger partial charge in [0.2, 0.25) is 11.8 Å². The van der Waals surface area contributed by atoms with Crippen LogP contribution in [0.25, 0.3) is 0 Å². The van der Waals surface area contributed by atoms with Crippen molar-refractivity contribution in [2.24, 2.45) is 0 Å². The molecule has 4 N–H and O–H groups in total. The molecule has 1 aliphatic rings. The highest BCUT2D eigenvalue weighted by Crippen LogP contribution is 2.15. The summed E-state index contributed by atoms with van der Waals surface area (Å²) < 4.78 is 0. The van der Waals surface area contributed by atoms with Gasteiger partial charge in [0.25, 0.3) is 0 Å². The van der Waals surface area contributed by atoms with E-state index < -0.39 is 12.1 Å². The van der Waals surface area contributed by atoms with Crippen LogP contribution in [0.4, 0.5) is 0 Å². The second-order valence-corrected chi connectivity index (χ2v) is 12.4. The Balaban J connectivity index is 2.38. The van der Waals surface area contributed by atoms with Gasteiger partial charge in [-0.05, 0) is 45.6 Å². The highest BCUT2D eigenvalue weighted by atomic mass is 16.3. The molecule has 0 aromatic rings. The van der Waals surface area contributed by atoms with Gasteiger partial charge in [-0.15, -0.1) is 0 Å². The van der Waals surface area contributed by atoms with E-state index in [-0.39, 0.29) is 24.0 Å². The first kappa shape index (κ1) is 36.8. The molecule has 0 bridgehead atoms. The lowest BCUT2D eigenvalue weighted by molar-refractivity contribution is -0.136. The Morgan fingerprint density at radius 2 is 1.07 bits per heavy atom. The minimum absolute atomic E-state index is 0.106. The normalized spacial score (nSPS) is 19.1. The van der Waals surface area contributed by atoms with Crippen molar-refractivity contribution < 1.29 is 19.8 Å². The Morgan fingerprint density at radius 3 is 1.55 bits per heavy atom. The molecule has 0 saturated carbocycles. The number of unbranched alkanes of at least 4 members (excludes halogenated alkanes) is 15. The van der Waals surface area contributed by atoms with E-state index in [0.29, 0.717) is 19.5 Å². The average molecular weight is 568 g/mol. The number of carbonyl (C=O) groups is 2. The van der Waals surface area contributed by atoms with Crippen LogP contribution in [-0.4, -0.2) is 70.9 Å². The predicted molar refractivity (Wildman–Crippen MR) is 166 cm³/mol. The summed E-state index contributed by atoms with van der Waals surface area (Å²) in [5.41, 5.74) is 0. The largest absolute Gasteiger partial charge is 0.392 e. The van der Waals surface area contributed by atoms with Crippen LogP contribution in [-0.2, 0) is 9.59 Å². The number of carbonyl (C=O) groups excluding carboxylic acids is 2. The maximum Gasteiger partial charge on any atom is 0.243 e. The second-order valence-electron chi connectivity index (χ2n) is 12.4. The number of piperazine rings is 1. The third-order valence-corrected chi connectivity index (χ3v) is 8.32. The topological polar surface area (TPSA) is 102 Å². The van der Waals surface area contributed by atoms with Crippen molar-refractivity contribution in [3.05, 3.63) is 0 Å². The van der Waals surface area contributed by atoms with E-state index in [1.54, 1.807) is 6.92 Å². The van der Waals surface area contributed by atoms with Gasteiger partial charge in [-0.25, -0.2) is 0 Å². The molecular formula is C33H65N3O4. The first-order chi connectivity index (χ1) is 19.4. The van der Waals surface area contributed by atoms with Gasteiger partial charge in [-0.2, -0.15) is 0 Å². The SMILES string of the molecule is CCCCCCCCCCC(O)CN(CCCCC1NC(=O)C(C)NC1=O)CC(O)CCCCCCCCCC. The molecule has 0 aromatic carbocycles. The molecule has 0 radical (unpaired) electrons. The van der Waals surface area contributed by atoms with E-state index in [2.05, 4.69) is 29.4 Å². The van der Waals surface area contributed by atoms with Gasteiger partial charge in [0.05, 0.1) is 12.2 Å². The lowest BCUT2D eigenvalue weighted by atomic mass is 10.0. The van der Waals surface area contributed by atoms with Crippen molar-refractivity contribution >= 4 is 11.8 Å². The molecule has 1 fully saturated rings. The third kappa shape index (κ3) is 19.0. The smallest absolute Gasteiger partial charge is 0.243 e. The summed E-state index contributed by atoms with van der Waals surface area (Å²) in [7, 11) is 0. The molecule has 1 heterocycles. The molecule has 4 unspecified atom stereocenters. The molecule has 7 heteroatoms. The van der Waals surface area contributed by atoms with Gasteiger partial charge in [-0.3, -0.25) is 14.5 Å². The summed E-state index contributed by atoms with van der Waals surface area (Å²) in [5, 5.41) is 27.1. The van der Waals surface area contributed by atoms with Crippen LogP contribution in [0, 0.1) is 0 Å². The number of nitrogens with zero attached hydrogens (tertiary/aromatic N) is 1. The fourth-order valence-corrected chi connectivity index (χ4v) is 5.69. The molecule has 1 aliphatic heterocycles. The fraction of sp³-hybridized carbons (Fsp3) is 0.939. The Morgan fingerprint density at radius 1 is 0.625 bits per heavy atom. The highest BCUT2D eigenvalue weighted by molar-refractivity contribution is 5.96. The Kier molecular flexibility index (Phi) is 22.5. The maximum absolute atomic E-state index is 12.2.